The number of amides is 1. The lowest BCUT2D eigenvalue weighted by atomic mass is 10.0. The molecule has 1 unspecified atom stereocenters. The first-order valence-electron chi connectivity index (χ1n) is 5.76. The third-order valence-corrected chi connectivity index (χ3v) is 3.00. The molecule has 1 amide bonds. The number of rotatable bonds is 1. The lowest BCUT2D eigenvalue weighted by molar-refractivity contribution is -0.117. The SMILES string of the molecule is O=C1Nc2c(F)cc(F)cc2NC1c1ccccc1. The molecule has 5 heteroatoms. The van der Waals surface area contributed by atoms with Gasteiger partial charge in [0.1, 0.15) is 17.5 Å². The molecule has 0 saturated carbocycles. The monoisotopic (exact) mass is 260 g/mol. The molecule has 0 aromatic heterocycles. The Labute approximate surface area is 108 Å². The van der Waals surface area contributed by atoms with Crippen molar-refractivity contribution in [3.05, 3.63) is 59.7 Å². The largest absolute Gasteiger partial charge is 0.368 e. The number of hydrogen-bond acceptors (Lipinski definition) is 2. The van der Waals surface area contributed by atoms with E-state index in [-0.39, 0.29) is 17.3 Å². The average molecular weight is 260 g/mol. The van der Waals surface area contributed by atoms with Gasteiger partial charge in [0.25, 0.3) is 5.91 Å². The summed E-state index contributed by atoms with van der Waals surface area (Å²) < 4.78 is 26.7. The molecule has 1 aliphatic heterocycles. The topological polar surface area (TPSA) is 41.1 Å². The van der Waals surface area contributed by atoms with Crippen LogP contribution in [0.5, 0.6) is 0 Å². The molecule has 96 valence electrons. The summed E-state index contributed by atoms with van der Waals surface area (Å²) in [6, 6.07) is 10.2. The van der Waals surface area contributed by atoms with Gasteiger partial charge in [-0.25, -0.2) is 8.78 Å². The molecule has 2 N–H and O–H groups in total. The van der Waals surface area contributed by atoms with Crippen molar-refractivity contribution in [3.63, 3.8) is 0 Å². The highest BCUT2D eigenvalue weighted by Crippen LogP contribution is 2.34. The summed E-state index contributed by atoms with van der Waals surface area (Å²) in [5.41, 5.74) is 0.958. The highest BCUT2D eigenvalue weighted by Gasteiger charge is 2.28. The van der Waals surface area contributed by atoms with Crippen LogP contribution < -0.4 is 10.6 Å². The van der Waals surface area contributed by atoms with Crippen molar-refractivity contribution in [1.82, 2.24) is 0 Å². The zero-order valence-electron chi connectivity index (χ0n) is 9.78. The molecular weight excluding hydrogens is 250 g/mol. The van der Waals surface area contributed by atoms with Crippen LogP contribution in [0.15, 0.2) is 42.5 Å². The Morgan fingerprint density at radius 3 is 2.53 bits per heavy atom. The molecule has 3 nitrogen and oxygen atoms in total. The number of nitrogens with one attached hydrogen (secondary N) is 2. The van der Waals surface area contributed by atoms with Gasteiger partial charge in [-0.05, 0) is 11.6 Å². The minimum Gasteiger partial charge on any atom is -0.368 e. The van der Waals surface area contributed by atoms with Crippen molar-refractivity contribution in [3.8, 4) is 0 Å². The first-order chi connectivity index (χ1) is 9.15. The van der Waals surface area contributed by atoms with Crippen molar-refractivity contribution in [2.45, 2.75) is 6.04 Å². The Hall–Kier alpha value is -2.43. The first-order valence-corrected chi connectivity index (χ1v) is 5.76. The van der Waals surface area contributed by atoms with E-state index in [2.05, 4.69) is 10.6 Å². The maximum Gasteiger partial charge on any atom is 0.251 e. The van der Waals surface area contributed by atoms with Crippen LogP contribution in [0.3, 0.4) is 0 Å². The molecule has 0 fully saturated rings. The fourth-order valence-electron chi connectivity index (χ4n) is 2.11. The van der Waals surface area contributed by atoms with E-state index in [0.29, 0.717) is 0 Å². The van der Waals surface area contributed by atoms with E-state index in [1.165, 1.54) is 0 Å². The average Bonchev–Trinajstić information content (AvgIpc) is 2.40. The highest BCUT2D eigenvalue weighted by atomic mass is 19.1. The van der Waals surface area contributed by atoms with E-state index in [1.807, 2.05) is 6.07 Å². The van der Waals surface area contributed by atoms with Crippen LogP contribution in [0, 0.1) is 11.6 Å². The normalized spacial score (nSPS) is 17.4. The number of halogens is 2. The smallest absolute Gasteiger partial charge is 0.251 e. The van der Waals surface area contributed by atoms with Gasteiger partial charge in [0.15, 0.2) is 5.82 Å². The summed E-state index contributed by atoms with van der Waals surface area (Å²) >= 11 is 0. The van der Waals surface area contributed by atoms with E-state index >= 15 is 0 Å². The van der Waals surface area contributed by atoms with Crippen LogP contribution in [0.1, 0.15) is 11.6 Å². The van der Waals surface area contributed by atoms with Crippen LogP contribution in [-0.4, -0.2) is 5.91 Å². The number of benzene rings is 2. The molecule has 2 aromatic carbocycles. The Kier molecular flexibility index (Phi) is 2.67. The molecule has 1 aliphatic rings. The van der Waals surface area contributed by atoms with Crippen LogP contribution in [0.4, 0.5) is 20.2 Å². The minimum absolute atomic E-state index is 0.0152. The summed E-state index contributed by atoms with van der Waals surface area (Å²) in [6.07, 6.45) is 0. The standard InChI is InChI=1S/C14H10F2N2O/c15-9-6-10(16)13-11(7-9)17-12(14(19)18-13)8-4-2-1-3-5-8/h1-7,12,17H,(H,18,19). The molecule has 1 atom stereocenters. The van der Waals surface area contributed by atoms with Crippen molar-refractivity contribution in [2.24, 2.45) is 0 Å². The van der Waals surface area contributed by atoms with Crippen molar-refractivity contribution in [1.29, 1.82) is 0 Å². The van der Waals surface area contributed by atoms with Crippen LogP contribution >= 0.6 is 0 Å². The zero-order valence-corrected chi connectivity index (χ0v) is 9.78. The van der Waals surface area contributed by atoms with E-state index in [1.54, 1.807) is 24.3 Å². The number of anilines is 2. The number of carbonyl (C=O) groups is 1. The zero-order chi connectivity index (χ0) is 13.4. The molecule has 3 rings (SSSR count). The Morgan fingerprint density at radius 2 is 1.79 bits per heavy atom. The van der Waals surface area contributed by atoms with Gasteiger partial charge in [-0.3, -0.25) is 4.79 Å². The summed E-state index contributed by atoms with van der Waals surface area (Å²) in [6.45, 7) is 0. The predicted octanol–water partition coefficient (Wildman–Crippen LogP) is 3.07. The maximum absolute atomic E-state index is 13.5. The summed E-state index contributed by atoms with van der Waals surface area (Å²) in [7, 11) is 0. The molecule has 0 saturated heterocycles. The third-order valence-electron chi connectivity index (χ3n) is 3.00. The van der Waals surface area contributed by atoms with Gasteiger partial charge in [0, 0.05) is 6.07 Å². The molecule has 19 heavy (non-hydrogen) atoms. The lowest BCUT2D eigenvalue weighted by Gasteiger charge is -2.27. The highest BCUT2D eigenvalue weighted by molar-refractivity contribution is 6.03. The Bertz CT molecular complexity index is 643. The lowest BCUT2D eigenvalue weighted by Crippen LogP contribution is -2.32. The van der Waals surface area contributed by atoms with Crippen molar-refractivity contribution >= 4 is 17.3 Å². The van der Waals surface area contributed by atoms with Gasteiger partial charge < -0.3 is 10.6 Å². The number of fused-ring (bicyclic) bond motifs is 1. The van der Waals surface area contributed by atoms with Gasteiger partial charge in [0.2, 0.25) is 0 Å². The maximum atomic E-state index is 13.5. The molecular formula is C14H10F2N2O. The second-order valence-corrected chi connectivity index (χ2v) is 4.29. The van der Waals surface area contributed by atoms with Crippen LogP contribution in [-0.2, 0) is 4.79 Å². The van der Waals surface area contributed by atoms with Crippen LogP contribution in [0.2, 0.25) is 0 Å². The first kappa shape index (κ1) is 11.6. The van der Waals surface area contributed by atoms with Gasteiger partial charge >= 0.3 is 0 Å². The van der Waals surface area contributed by atoms with E-state index in [0.717, 1.165) is 17.7 Å². The van der Waals surface area contributed by atoms with E-state index < -0.39 is 17.7 Å². The number of hydrogen-bond donors (Lipinski definition) is 2. The van der Waals surface area contributed by atoms with Gasteiger partial charge in [-0.1, -0.05) is 30.3 Å². The molecule has 0 aliphatic carbocycles. The van der Waals surface area contributed by atoms with E-state index in [4.69, 9.17) is 0 Å². The summed E-state index contributed by atoms with van der Waals surface area (Å²) in [5, 5.41) is 5.31. The fraction of sp³-hybridized carbons (Fsp3) is 0.0714. The Balaban J connectivity index is 2.03. The van der Waals surface area contributed by atoms with Crippen molar-refractivity contribution < 1.29 is 13.6 Å². The predicted molar refractivity (Wildman–Crippen MR) is 67.8 cm³/mol. The molecule has 2 aromatic rings. The van der Waals surface area contributed by atoms with Gasteiger partial charge in [0.05, 0.1) is 5.69 Å². The number of carbonyl (C=O) groups excluding carboxylic acids is 1. The fourth-order valence-corrected chi connectivity index (χ4v) is 2.11. The molecule has 0 bridgehead atoms. The molecule has 0 spiro atoms. The third kappa shape index (κ3) is 2.03. The minimum atomic E-state index is -0.789. The second kappa shape index (κ2) is 4.35. The van der Waals surface area contributed by atoms with Crippen molar-refractivity contribution in [2.75, 3.05) is 10.6 Å². The van der Waals surface area contributed by atoms with Gasteiger partial charge in [-0.2, -0.15) is 0 Å². The summed E-state index contributed by atoms with van der Waals surface area (Å²) in [4.78, 5) is 12.0. The Morgan fingerprint density at radius 1 is 1.05 bits per heavy atom. The van der Waals surface area contributed by atoms with Gasteiger partial charge in [-0.15, -0.1) is 0 Å². The molecule has 1 heterocycles. The summed E-state index contributed by atoms with van der Waals surface area (Å²) in [5.74, 6) is -1.85. The molecule has 0 radical (unpaired) electrons. The van der Waals surface area contributed by atoms with E-state index in [9.17, 15) is 13.6 Å². The quantitative estimate of drug-likeness (QED) is 0.827. The second-order valence-electron chi connectivity index (χ2n) is 4.29. The van der Waals surface area contributed by atoms with Crippen LogP contribution in [0.25, 0.3) is 0 Å².